The predicted octanol–water partition coefficient (Wildman–Crippen LogP) is 3.78. The molecule has 1 rings (SSSR count). The first-order valence-corrected chi connectivity index (χ1v) is 4.47. The van der Waals surface area contributed by atoms with Gasteiger partial charge in [-0.05, 0) is 26.0 Å². The highest BCUT2D eigenvalue weighted by Gasteiger charge is 2.05. The molecule has 66 valence electrons. The number of halogens is 2. The molecule has 0 aliphatic carbocycles. The number of ether oxygens (including phenoxy) is 1. The van der Waals surface area contributed by atoms with Crippen LogP contribution in [0.4, 0.5) is 0 Å². The molecule has 0 amide bonds. The second kappa shape index (κ2) is 4.01. The standard InChI is InChI=1S/C9H10Cl2O/c1-6(2)12-8-5-3-4-7(10)9(8)11/h3-6H,1-2H3. The van der Waals surface area contributed by atoms with Gasteiger partial charge in [0.1, 0.15) is 10.8 Å². The van der Waals surface area contributed by atoms with E-state index < -0.39 is 0 Å². The Morgan fingerprint density at radius 1 is 1.25 bits per heavy atom. The summed E-state index contributed by atoms with van der Waals surface area (Å²) in [4.78, 5) is 0. The van der Waals surface area contributed by atoms with E-state index in [1.165, 1.54) is 0 Å². The van der Waals surface area contributed by atoms with Crippen LogP contribution < -0.4 is 4.74 Å². The average molecular weight is 205 g/mol. The highest BCUT2D eigenvalue weighted by molar-refractivity contribution is 6.42. The average Bonchev–Trinajstić information content (AvgIpc) is 1.98. The maximum atomic E-state index is 5.88. The maximum absolute atomic E-state index is 5.88. The number of hydrogen-bond acceptors (Lipinski definition) is 1. The van der Waals surface area contributed by atoms with Gasteiger partial charge in [0.2, 0.25) is 0 Å². The predicted molar refractivity (Wildman–Crippen MR) is 52.2 cm³/mol. The molecule has 0 radical (unpaired) electrons. The zero-order valence-corrected chi connectivity index (χ0v) is 8.49. The molecule has 3 heteroatoms. The van der Waals surface area contributed by atoms with E-state index in [1.54, 1.807) is 12.1 Å². The maximum Gasteiger partial charge on any atom is 0.139 e. The van der Waals surface area contributed by atoms with E-state index >= 15 is 0 Å². The zero-order valence-electron chi connectivity index (χ0n) is 6.97. The van der Waals surface area contributed by atoms with Crippen molar-refractivity contribution in [3.63, 3.8) is 0 Å². The molecule has 0 aromatic heterocycles. The van der Waals surface area contributed by atoms with Gasteiger partial charge in [-0.25, -0.2) is 0 Å². The molecule has 0 saturated carbocycles. The lowest BCUT2D eigenvalue weighted by atomic mass is 10.3. The largest absolute Gasteiger partial charge is 0.489 e. The van der Waals surface area contributed by atoms with Gasteiger partial charge in [0, 0.05) is 0 Å². The smallest absolute Gasteiger partial charge is 0.139 e. The van der Waals surface area contributed by atoms with E-state index in [4.69, 9.17) is 27.9 Å². The minimum Gasteiger partial charge on any atom is -0.489 e. The Morgan fingerprint density at radius 2 is 1.92 bits per heavy atom. The lowest BCUT2D eigenvalue weighted by Crippen LogP contribution is -2.05. The normalized spacial score (nSPS) is 10.4. The van der Waals surface area contributed by atoms with Crippen molar-refractivity contribution in [2.24, 2.45) is 0 Å². The molecule has 1 aromatic carbocycles. The topological polar surface area (TPSA) is 9.23 Å². The van der Waals surface area contributed by atoms with Gasteiger partial charge in [0.25, 0.3) is 0 Å². The van der Waals surface area contributed by atoms with E-state index in [1.807, 2.05) is 19.9 Å². The monoisotopic (exact) mass is 204 g/mol. The Bertz CT molecular complexity index is 271. The van der Waals surface area contributed by atoms with Crippen LogP contribution in [0.5, 0.6) is 5.75 Å². The fraction of sp³-hybridized carbons (Fsp3) is 0.333. The van der Waals surface area contributed by atoms with Crippen molar-refractivity contribution in [1.82, 2.24) is 0 Å². The first-order chi connectivity index (χ1) is 5.61. The van der Waals surface area contributed by atoms with E-state index in [2.05, 4.69) is 0 Å². The van der Waals surface area contributed by atoms with Crippen LogP contribution in [-0.4, -0.2) is 6.10 Å². The van der Waals surface area contributed by atoms with Crippen LogP contribution in [0.3, 0.4) is 0 Å². The third kappa shape index (κ3) is 2.29. The van der Waals surface area contributed by atoms with Gasteiger partial charge in [-0.15, -0.1) is 0 Å². The Hall–Kier alpha value is -0.400. The van der Waals surface area contributed by atoms with Crippen LogP contribution in [0.2, 0.25) is 10.0 Å². The second-order valence-corrected chi connectivity index (χ2v) is 3.50. The summed E-state index contributed by atoms with van der Waals surface area (Å²) in [7, 11) is 0. The molecule has 0 N–H and O–H groups in total. The molecule has 0 aliphatic heterocycles. The summed E-state index contributed by atoms with van der Waals surface area (Å²) in [6, 6.07) is 5.34. The van der Waals surface area contributed by atoms with Crippen molar-refractivity contribution in [2.75, 3.05) is 0 Å². The molecule has 0 unspecified atom stereocenters. The molecular formula is C9H10Cl2O. The summed E-state index contributed by atoms with van der Waals surface area (Å²) in [6.45, 7) is 3.88. The van der Waals surface area contributed by atoms with Gasteiger partial charge in [-0.3, -0.25) is 0 Å². The Labute approximate surface area is 82.2 Å². The summed E-state index contributed by atoms with van der Waals surface area (Å²) in [5.74, 6) is 0.638. The summed E-state index contributed by atoms with van der Waals surface area (Å²) in [5, 5.41) is 1.00. The molecule has 0 saturated heterocycles. The Balaban J connectivity index is 2.92. The van der Waals surface area contributed by atoms with Crippen molar-refractivity contribution >= 4 is 23.2 Å². The van der Waals surface area contributed by atoms with Gasteiger partial charge in [0.15, 0.2) is 0 Å². The summed E-state index contributed by atoms with van der Waals surface area (Å²) < 4.78 is 5.41. The molecule has 0 atom stereocenters. The molecule has 0 bridgehead atoms. The summed E-state index contributed by atoms with van der Waals surface area (Å²) in [5.41, 5.74) is 0. The number of hydrogen-bond donors (Lipinski definition) is 0. The summed E-state index contributed by atoms with van der Waals surface area (Å²) >= 11 is 11.7. The van der Waals surface area contributed by atoms with Crippen molar-refractivity contribution < 1.29 is 4.74 Å². The first-order valence-electron chi connectivity index (χ1n) is 3.72. The van der Waals surface area contributed by atoms with Crippen LogP contribution in [0.15, 0.2) is 18.2 Å². The van der Waals surface area contributed by atoms with Crippen LogP contribution in [0.25, 0.3) is 0 Å². The van der Waals surface area contributed by atoms with Crippen LogP contribution in [-0.2, 0) is 0 Å². The van der Waals surface area contributed by atoms with Crippen molar-refractivity contribution in [3.8, 4) is 5.75 Å². The lowest BCUT2D eigenvalue weighted by molar-refractivity contribution is 0.242. The fourth-order valence-electron chi connectivity index (χ4n) is 0.829. The quantitative estimate of drug-likeness (QED) is 0.713. The molecule has 1 aromatic rings. The zero-order chi connectivity index (χ0) is 9.14. The minimum absolute atomic E-state index is 0.112. The molecule has 0 fully saturated rings. The molecule has 0 aliphatic rings. The Morgan fingerprint density at radius 3 is 2.50 bits per heavy atom. The van der Waals surface area contributed by atoms with Gasteiger partial charge in [-0.2, -0.15) is 0 Å². The molecule has 0 spiro atoms. The number of rotatable bonds is 2. The molecule has 1 nitrogen and oxygen atoms in total. The van der Waals surface area contributed by atoms with Crippen LogP contribution in [0.1, 0.15) is 13.8 Å². The van der Waals surface area contributed by atoms with Gasteiger partial charge in [0.05, 0.1) is 11.1 Å². The third-order valence-electron chi connectivity index (χ3n) is 1.28. The fourth-order valence-corrected chi connectivity index (χ4v) is 1.17. The van der Waals surface area contributed by atoms with Crippen molar-refractivity contribution in [1.29, 1.82) is 0 Å². The third-order valence-corrected chi connectivity index (χ3v) is 2.08. The SMILES string of the molecule is CC(C)Oc1cccc(Cl)c1Cl. The van der Waals surface area contributed by atoms with Gasteiger partial charge >= 0.3 is 0 Å². The summed E-state index contributed by atoms with van der Waals surface area (Å²) in [6.07, 6.45) is 0.112. The minimum atomic E-state index is 0.112. The molecule has 12 heavy (non-hydrogen) atoms. The first kappa shape index (κ1) is 9.69. The van der Waals surface area contributed by atoms with E-state index in [9.17, 15) is 0 Å². The van der Waals surface area contributed by atoms with Crippen molar-refractivity contribution in [3.05, 3.63) is 28.2 Å². The number of benzene rings is 1. The van der Waals surface area contributed by atoms with Crippen LogP contribution in [0, 0.1) is 0 Å². The van der Waals surface area contributed by atoms with Crippen molar-refractivity contribution in [2.45, 2.75) is 20.0 Å². The van der Waals surface area contributed by atoms with Gasteiger partial charge in [-0.1, -0.05) is 29.3 Å². The van der Waals surface area contributed by atoms with Gasteiger partial charge < -0.3 is 4.74 Å². The van der Waals surface area contributed by atoms with E-state index in [0.29, 0.717) is 15.8 Å². The highest BCUT2D eigenvalue weighted by Crippen LogP contribution is 2.31. The van der Waals surface area contributed by atoms with E-state index in [0.717, 1.165) is 0 Å². The Kier molecular flexibility index (Phi) is 3.24. The molecule has 0 heterocycles. The highest BCUT2D eigenvalue weighted by atomic mass is 35.5. The molecular weight excluding hydrogens is 195 g/mol. The second-order valence-electron chi connectivity index (χ2n) is 2.72. The van der Waals surface area contributed by atoms with Crippen LogP contribution >= 0.6 is 23.2 Å². The lowest BCUT2D eigenvalue weighted by Gasteiger charge is -2.11. The van der Waals surface area contributed by atoms with E-state index in [-0.39, 0.29) is 6.10 Å².